The van der Waals surface area contributed by atoms with Crippen LogP contribution in [0, 0.1) is 5.41 Å². The van der Waals surface area contributed by atoms with Crippen LogP contribution in [0.5, 0.6) is 0 Å². The zero-order valence-electron chi connectivity index (χ0n) is 38.6. The van der Waals surface area contributed by atoms with Crippen LogP contribution in [0.3, 0.4) is 0 Å². The number of aliphatic hydroxyl groups excluding tert-OH is 5. The fourth-order valence-electron chi connectivity index (χ4n) is 9.85. The van der Waals surface area contributed by atoms with Crippen molar-refractivity contribution in [3.8, 4) is 0 Å². The molecule has 7 N–H and O–H groups in total. The summed E-state index contributed by atoms with van der Waals surface area (Å²) in [5, 5.41) is 57.1. The maximum absolute atomic E-state index is 15.0. The maximum Gasteiger partial charge on any atom is 0.327 e. The molecule has 19 nitrogen and oxygen atoms in total. The van der Waals surface area contributed by atoms with E-state index in [2.05, 4.69) is 10.6 Å². The van der Waals surface area contributed by atoms with Gasteiger partial charge >= 0.3 is 11.9 Å². The topological polar surface area (TPSA) is 261 Å². The highest BCUT2D eigenvalue weighted by Gasteiger charge is 2.76. The van der Waals surface area contributed by atoms with Crippen LogP contribution in [-0.4, -0.2) is 154 Å². The number of ether oxygens (including phenoxy) is 6. The van der Waals surface area contributed by atoms with Gasteiger partial charge in [-0.2, -0.15) is 5.06 Å². The molecule has 4 aliphatic heterocycles. The van der Waals surface area contributed by atoms with Gasteiger partial charge < -0.3 is 64.6 Å². The molecular weight excluding hydrogens is 899 g/mol. The predicted octanol–water partition coefficient (Wildman–Crippen LogP) is 1.11. The van der Waals surface area contributed by atoms with E-state index >= 15 is 0 Å². The first-order valence-electron chi connectivity index (χ1n) is 23.3. The number of carbonyl (C=O) groups excluding carboxylic acids is 4. The molecule has 3 aromatic carbocycles. The van der Waals surface area contributed by atoms with Crippen LogP contribution in [0.15, 0.2) is 91.0 Å². The van der Waals surface area contributed by atoms with E-state index in [0.29, 0.717) is 16.7 Å². The Morgan fingerprint density at radius 2 is 1.59 bits per heavy atom. The largest absolute Gasteiger partial charge is 0.460 e. The smallest absolute Gasteiger partial charge is 0.327 e. The molecule has 0 radical (unpaired) electrons. The number of nitrogens with one attached hydrogen (secondary N) is 2. The number of nitrogens with zero attached hydrogens (tertiary/aromatic N) is 1. The highest BCUT2D eigenvalue weighted by atomic mass is 16.8. The van der Waals surface area contributed by atoms with E-state index in [0.717, 1.165) is 5.56 Å². The summed E-state index contributed by atoms with van der Waals surface area (Å²) in [7, 11) is 0. The Bertz CT molecular complexity index is 2270. The molecule has 12 atom stereocenters. The number of hydroxylamine groups is 2. The first-order valence-corrected chi connectivity index (χ1v) is 23.3. The minimum atomic E-state index is -1.58. The summed E-state index contributed by atoms with van der Waals surface area (Å²) >= 11 is 0. The summed E-state index contributed by atoms with van der Waals surface area (Å²) in [5.74, 6) is -3.65. The zero-order valence-corrected chi connectivity index (χ0v) is 38.6. The van der Waals surface area contributed by atoms with Crippen molar-refractivity contribution >= 4 is 29.8 Å². The predicted molar refractivity (Wildman–Crippen MR) is 241 cm³/mol. The summed E-state index contributed by atoms with van der Waals surface area (Å²) in [6, 6.07) is 24.0. The Labute approximate surface area is 399 Å². The van der Waals surface area contributed by atoms with Crippen molar-refractivity contribution in [1.29, 1.82) is 0 Å². The Balaban J connectivity index is 1.02. The summed E-state index contributed by atoms with van der Waals surface area (Å²) in [5.41, 5.74) is 0.509. The number of benzene rings is 3. The van der Waals surface area contributed by atoms with Gasteiger partial charge in [0, 0.05) is 36.9 Å². The summed E-state index contributed by atoms with van der Waals surface area (Å²) < 4.78 is 36.6. The van der Waals surface area contributed by atoms with Crippen molar-refractivity contribution < 1.29 is 78.0 Å². The van der Waals surface area contributed by atoms with E-state index in [1.54, 1.807) is 39.0 Å². The lowest BCUT2D eigenvalue weighted by Gasteiger charge is -2.48. The van der Waals surface area contributed by atoms with Crippen LogP contribution in [-0.2, 0) is 64.8 Å². The number of esters is 2. The average Bonchev–Trinajstić information content (AvgIpc) is 3.91. The number of rotatable bonds is 18. The van der Waals surface area contributed by atoms with Crippen LogP contribution in [0.1, 0.15) is 68.7 Å². The Kier molecular flexibility index (Phi) is 15.3. The molecule has 1 saturated carbocycles. The number of aliphatic hydroxyl groups is 5. The van der Waals surface area contributed by atoms with Gasteiger partial charge in [0.1, 0.15) is 59.8 Å². The van der Waals surface area contributed by atoms with E-state index in [1.807, 2.05) is 78.9 Å². The molecule has 3 aromatic rings. The highest BCUT2D eigenvalue weighted by Crippen LogP contribution is 2.59. The monoisotopic (exact) mass is 959 g/mol. The third-order valence-electron chi connectivity index (χ3n) is 13.0. The Morgan fingerprint density at radius 3 is 2.26 bits per heavy atom. The third kappa shape index (κ3) is 10.5. The second-order valence-corrected chi connectivity index (χ2v) is 19.0. The normalized spacial score (nSPS) is 30.9. The minimum Gasteiger partial charge on any atom is -0.460 e. The first-order chi connectivity index (χ1) is 33.1. The van der Waals surface area contributed by atoms with Crippen LogP contribution in [0.2, 0.25) is 0 Å². The van der Waals surface area contributed by atoms with E-state index in [-0.39, 0.29) is 45.4 Å². The molecule has 69 heavy (non-hydrogen) atoms. The number of amides is 2. The van der Waals surface area contributed by atoms with E-state index in [1.165, 1.54) is 5.06 Å². The number of fused-ring (bicyclic) bond motifs is 4. The molecule has 0 aromatic heterocycles. The zero-order chi connectivity index (χ0) is 49.1. The number of hydrogen-bond acceptors (Lipinski definition) is 17. The van der Waals surface area contributed by atoms with Crippen LogP contribution in [0.4, 0.5) is 0 Å². The molecule has 2 bridgehead atoms. The standard InChI is InChI=1S/C50H61N3O16/c1-48(2,3)66-37(57)20-19-33(27-54)52-36(56)21-22-51-47(62)49-25-34-41-42(68-50(67-41,31-15-6-4-7-16-31)32-17-8-5-9-18-32)44(49)69-53(43(49)45(61)64-34)26-30-13-10-12-29(24-30)14-11-23-63-46-40(60)39(59)38(58)35(28-55)65-46/h4-18,24,33-35,38-44,46,54-55,58-60H,19-23,25-28H2,1-3H3,(H,51,62)(H,52,56). The molecule has 2 amide bonds. The molecule has 8 rings (SSSR count). The Morgan fingerprint density at radius 1 is 0.899 bits per heavy atom. The molecular formula is C50H61N3O16. The highest BCUT2D eigenvalue weighted by molar-refractivity contribution is 5.94. The lowest BCUT2D eigenvalue weighted by Crippen LogP contribution is -2.69. The van der Waals surface area contributed by atoms with E-state index in [9.17, 15) is 44.7 Å². The van der Waals surface area contributed by atoms with Crippen molar-refractivity contribution in [2.45, 2.75) is 132 Å². The van der Waals surface area contributed by atoms with Gasteiger partial charge in [0.2, 0.25) is 17.6 Å². The average molecular weight is 960 g/mol. The molecule has 372 valence electrons. The quantitative estimate of drug-likeness (QED) is 0.0881. The maximum atomic E-state index is 15.0. The van der Waals surface area contributed by atoms with Crippen LogP contribution >= 0.6 is 0 Å². The van der Waals surface area contributed by atoms with Gasteiger partial charge in [-0.25, -0.2) is 0 Å². The fraction of sp³-hybridized carbons (Fsp3) is 0.520. The summed E-state index contributed by atoms with van der Waals surface area (Å²) in [6.07, 6.45) is -7.49. The van der Waals surface area contributed by atoms with E-state index < -0.39 is 121 Å². The molecule has 5 fully saturated rings. The van der Waals surface area contributed by atoms with Gasteiger partial charge in [-0.3, -0.25) is 24.0 Å². The Hall–Kier alpha value is -5.16. The van der Waals surface area contributed by atoms with Crippen LogP contribution < -0.4 is 10.6 Å². The number of carbonyl (C=O) groups is 4. The van der Waals surface area contributed by atoms with Crippen molar-refractivity contribution in [2.24, 2.45) is 5.41 Å². The van der Waals surface area contributed by atoms with Crippen molar-refractivity contribution in [2.75, 3.05) is 26.4 Å². The van der Waals surface area contributed by atoms with Gasteiger partial charge in [0.05, 0.1) is 32.4 Å². The van der Waals surface area contributed by atoms with E-state index in [4.69, 9.17) is 33.3 Å². The molecule has 0 spiro atoms. The summed E-state index contributed by atoms with van der Waals surface area (Å²) in [4.78, 5) is 61.6. The number of hydrogen-bond donors (Lipinski definition) is 7. The van der Waals surface area contributed by atoms with Gasteiger partial charge in [0.25, 0.3) is 0 Å². The molecule has 1 aliphatic carbocycles. The molecule has 12 unspecified atom stereocenters. The molecule has 19 heteroatoms. The first kappa shape index (κ1) is 50.2. The van der Waals surface area contributed by atoms with Gasteiger partial charge in [-0.1, -0.05) is 97.1 Å². The van der Waals surface area contributed by atoms with Crippen molar-refractivity contribution in [3.63, 3.8) is 0 Å². The summed E-state index contributed by atoms with van der Waals surface area (Å²) in [6.45, 7) is 4.07. The van der Waals surface area contributed by atoms with Gasteiger partial charge in [-0.05, 0) is 38.3 Å². The molecule has 5 aliphatic rings. The van der Waals surface area contributed by atoms with Gasteiger partial charge in [-0.15, -0.1) is 0 Å². The lowest BCUT2D eigenvalue weighted by molar-refractivity contribution is -0.298. The van der Waals surface area contributed by atoms with Crippen LogP contribution in [0.25, 0.3) is 6.08 Å². The second-order valence-electron chi connectivity index (χ2n) is 19.0. The van der Waals surface area contributed by atoms with Crippen molar-refractivity contribution in [3.05, 3.63) is 113 Å². The second kappa shape index (κ2) is 21.1. The SMILES string of the molecule is CC(C)(C)OC(=O)CCC(CO)NC(=O)CCNC(=O)C12CC3OC(=O)C1N(Cc1cccc(C=CCOC4OC(CO)C(O)C(O)C4O)c1)OC2C1OC(c2ccccc2)(c2ccccc2)OC31. The lowest BCUT2D eigenvalue weighted by atomic mass is 9.62. The molecule has 4 saturated heterocycles. The molecule has 4 heterocycles. The third-order valence-corrected chi connectivity index (χ3v) is 13.0. The van der Waals surface area contributed by atoms with Gasteiger partial charge in [0.15, 0.2) is 12.3 Å². The fourth-order valence-corrected chi connectivity index (χ4v) is 9.85. The van der Waals surface area contributed by atoms with Crippen molar-refractivity contribution in [1.82, 2.24) is 15.7 Å². The minimum absolute atomic E-state index is 0.0151.